The smallest absolute Gasteiger partial charge is 0.265 e. The standard InChI is InChI=1S/C15H12BrF2NO2/c1-9(21-12-5-2-10(16)3-6-12)15(20)19-14-7-4-11(17)8-13(14)18/h2-9H,1H3,(H,19,20)/t9-/m0/s1. The molecule has 21 heavy (non-hydrogen) atoms. The topological polar surface area (TPSA) is 38.3 Å². The van der Waals surface area contributed by atoms with Crippen LogP contribution in [0.2, 0.25) is 0 Å². The maximum absolute atomic E-state index is 13.4. The number of benzene rings is 2. The summed E-state index contributed by atoms with van der Waals surface area (Å²) in [5.74, 6) is -1.55. The van der Waals surface area contributed by atoms with Gasteiger partial charge in [-0.05, 0) is 43.3 Å². The van der Waals surface area contributed by atoms with E-state index < -0.39 is 23.6 Å². The molecule has 0 spiro atoms. The molecule has 0 unspecified atom stereocenters. The Morgan fingerprint density at radius 2 is 1.86 bits per heavy atom. The number of rotatable bonds is 4. The third-order valence-electron chi connectivity index (χ3n) is 2.68. The van der Waals surface area contributed by atoms with Crippen LogP contribution in [-0.4, -0.2) is 12.0 Å². The Labute approximate surface area is 129 Å². The summed E-state index contributed by atoms with van der Waals surface area (Å²) in [6.07, 6.45) is -0.823. The second-order valence-corrected chi connectivity index (χ2v) is 5.24. The minimum Gasteiger partial charge on any atom is -0.481 e. The lowest BCUT2D eigenvalue weighted by molar-refractivity contribution is -0.122. The van der Waals surface area contributed by atoms with E-state index in [1.807, 2.05) is 0 Å². The van der Waals surface area contributed by atoms with Gasteiger partial charge in [-0.25, -0.2) is 8.78 Å². The first-order valence-corrected chi connectivity index (χ1v) is 6.93. The first-order valence-electron chi connectivity index (χ1n) is 6.14. The zero-order valence-corrected chi connectivity index (χ0v) is 12.7. The van der Waals surface area contributed by atoms with Crippen LogP contribution in [0, 0.1) is 11.6 Å². The molecule has 0 saturated carbocycles. The second-order valence-electron chi connectivity index (χ2n) is 4.33. The first-order chi connectivity index (χ1) is 9.95. The van der Waals surface area contributed by atoms with Crippen LogP contribution in [-0.2, 0) is 4.79 Å². The number of ether oxygens (including phenoxy) is 1. The zero-order valence-electron chi connectivity index (χ0n) is 11.1. The molecule has 6 heteroatoms. The highest BCUT2D eigenvalue weighted by molar-refractivity contribution is 9.10. The highest BCUT2D eigenvalue weighted by Crippen LogP contribution is 2.19. The van der Waals surface area contributed by atoms with Gasteiger partial charge in [-0.2, -0.15) is 0 Å². The van der Waals surface area contributed by atoms with Crippen LogP contribution in [0.4, 0.5) is 14.5 Å². The van der Waals surface area contributed by atoms with E-state index in [1.54, 1.807) is 31.2 Å². The molecule has 2 aromatic rings. The van der Waals surface area contributed by atoms with Crippen LogP contribution in [0.25, 0.3) is 0 Å². The van der Waals surface area contributed by atoms with Crippen LogP contribution in [0.15, 0.2) is 46.9 Å². The van der Waals surface area contributed by atoms with Crippen molar-refractivity contribution in [2.75, 3.05) is 5.32 Å². The zero-order chi connectivity index (χ0) is 15.4. The van der Waals surface area contributed by atoms with E-state index in [2.05, 4.69) is 21.2 Å². The molecule has 110 valence electrons. The van der Waals surface area contributed by atoms with Crippen LogP contribution in [0.3, 0.4) is 0 Å². The van der Waals surface area contributed by atoms with Gasteiger partial charge < -0.3 is 10.1 Å². The van der Waals surface area contributed by atoms with Crippen LogP contribution >= 0.6 is 15.9 Å². The maximum atomic E-state index is 13.4. The fourth-order valence-electron chi connectivity index (χ4n) is 1.60. The third kappa shape index (κ3) is 4.26. The van der Waals surface area contributed by atoms with Gasteiger partial charge in [-0.15, -0.1) is 0 Å². The van der Waals surface area contributed by atoms with Crippen molar-refractivity contribution in [3.63, 3.8) is 0 Å². The maximum Gasteiger partial charge on any atom is 0.265 e. The van der Waals surface area contributed by atoms with Crippen molar-refractivity contribution in [2.24, 2.45) is 0 Å². The van der Waals surface area contributed by atoms with Crippen molar-refractivity contribution in [2.45, 2.75) is 13.0 Å². The summed E-state index contributed by atoms with van der Waals surface area (Å²) in [5.41, 5.74) is -0.0901. The summed E-state index contributed by atoms with van der Waals surface area (Å²) < 4.78 is 32.6. The van der Waals surface area contributed by atoms with Gasteiger partial charge in [-0.3, -0.25) is 4.79 Å². The molecule has 0 aliphatic rings. The quantitative estimate of drug-likeness (QED) is 0.895. The van der Waals surface area contributed by atoms with Crippen molar-refractivity contribution in [1.29, 1.82) is 0 Å². The lowest BCUT2D eigenvalue weighted by atomic mass is 10.2. The predicted molar refractivity (Wildman–Crippen MR) is 79.2 cm³/mol. The molecule has 0 saturated heterocycles. The predicted octanol–water partition coefficient (Wildman–Crippen LogP) is 4.13. The van der Waals surface area contributed by atoms with Gasteiger partial charge in [0.25, 0.3) is 5.91 Å². The molecule has 0 aliphatic heterocycles. The summed E-state index contributed by atoms with van der Waals surface area (Å²) in [5, 5.41) is 2.35. The van der Waals surface area contributed by atoms with Crippen LogP contribution in [0.5, 0.6) is 5.75 Å². The first kappa shape index (κ1) is 15.4. The molecule has 0 fully saturated rings. The van der Waals surface area contributed by atoms with Crippen molar-refractivity contribution >= 4 is 27.5 Å². The molecule has 0 aromatic heterocycles. The summed E-state index contributed by atoms with van der Waals surface area (Å²) in [6, 6.07) is 9.89. The molecule has 0 heterocycles. The lowest BCUT2D eigenvalue weighted by Crippen LogP contribution is -2.30. The van der Waals surface area contributed by atoms with Crippen LogP contribution < -0.4 is 10.1 Å². The monoisotopic (exact) mass is 355 g/mol. The third-order valence-corrected chi connectivity index (χ3v) is 3.21. The summed E-state index contributed by atoms with van der Waals surface area (Å²) in [4.78, 5) is 11.9. The lowest BCUT2D eigenvalue weighted by Gasteiger charge is -2.15. The van der Waals surface area contributed by atoms with Crippen LogP contribution in [0.1, 0.15) is 6.92 Å². The second kappa shape index (κ2) is 6.67. The Kier molecular flexibility index (Phi) is 4.90. The van der Waals surface area contributed by atoms with E-state index in [9.17, 15) is 13.6 Å². The van der Waals surface area contributed by atoms with Gasteiger partial charge in [0.2, 0.25) is 0 Å². The Hall–Kier alpha value is -1.95. The molecule has 1 atom stereocenters. The highest BCUT2D eigenvalue weighted by Gasteiger charge is 2.16. The molecule has 0 aliphatic carbocycles. The number of halogens is 3. The van der Waals surface area contributed by atoms with Gasteiger partial charge in [0.15, 0.2) is 6.10 Å². The summed E-state index contributed by atoms with van der Waals surface area (Å²) >= 11 is 3.29. The number of nitrogens with one attached hydrogen (secondary N) is 1. The van der Waals surface area contributed by atoms with Gasteiger partial charge in [0, 0.05) is 10.5 Å². The van der Waals surface area contributed by atoms with E-state index >= 15 is 0 Å². The van der Waals surface area contributed by atoms with Crippen molar-refractivity contribution in [1.82, 2.24) is 0 Å². The van der Waals surface area contributed by atoms with E-state index in [4.69, 9.17) is 4.74 Å². The van der Waals surface area contributed by atoms with E-state index in [0.29, 0.717) is 11.8 Å². The molecule has 2 rings (SSSR count). The highest BCUT2D eigenvalue weighted by atomic mass is 79.9. The van der Waals surface area contributed by atoms with E-state index in [-0.39, 0.29) is 5.69 Å². The largest absolute Gasteiger partial charge is 0.481 e. The summed E-state index contributed by atoms with van der Waals surface area (Å²) in [7, 11) is 0. The average molecular weight is 356 g/mol. The van der Waals surface area contributed by atoms with Gasteiger partial charge >= 0.3 is 0 Å². The van der Waals surface area contributed by atoms with Gasteiger partial charge in [0.05, 0.1) is 5.69 Å². The van der Waals surface area contributed by atoms with Gasteiger partial charge in [-0.1, -0.05) is 15.9 Å². The Bertz CT molecular complexity index is 647. The molecule has 0 bridgehead atoms. The number of hydrogen-bond acceptors (Lipinski definition) is 2. The summed E-state index contributed by atoms with van der Waals surface area (Å²) in [6.45, 7) is 1.54. The van der Waals surface area contributed by atoms with Crippen molar-refractivity contribution in [3.05, 3.63) is 58.6 Å². The number of anilines is 1. The minimum absolute atomic E-state index is 0.0901. The molecule has 2 aromatic carbocycles. The SMILES string of the molecule is C[C@H](Oc1ccc(Br)cc1)C(=O)Nc1ccc(F)cc1F. The van der Waals surface area contributed by atoms with Crippen molar-refractivity contribution < 1.29 is 18.3 Å². The Morgan fingerprint density at radius 1 is 1.19 bits per heavy atom. The minimum atomic E-state index is -0.834. The molecule has 3 nitrogen and oxygen atoms in total. The Morgan fingerprint density at radius 3 is 2.48 bits per heavy atom. The fourth-order valence-corrected chi connectivity index (χ4v) is 1.86. The molecule has 0 radical (unpaired) electrons. The van der Waals surface area contributed by atoms with Gasteiger partial charge in [0.1, 0.15) is 17.4 Å². The average Bonchev–Trinajstić information content (AvgIpc) is 2.44. The number of amides is 1. The fraction of sp³-hybridized carbons (Fsp3) is 0.133. The van der Waals surface area contributed by atoms with E-state index in [0.717, 1.165) is 16.6 Å². The van der Waals surface area contributed by atoms with Crippen molar-refractivity contribution in [3.8, 4) is 5.75 Å². The Balaban J connectivity index is 2.00. The number of carbonyl (C=O) groups is 1. The number of carbonyl (C=O) groups excluding carboxylic acids is 1. The molecular formula is C15H12BrF2NO2. The molecule has 1 amide bonds. The normalized spacial score (nSPS) is 11.8. The van der Waals surface area contributed by atoms with E-state index in [1.165, 1.54) is 0 Å². The molecular weight excluding hydrogens is 344 g/mol. The molecule has 1 N–H and O–H groups in total. The number of hydrogen-bond donors (Lipinski definition) is 1.